The van der Waals surface area contributed by atoms with Crippen LogP contribution >= 0.6 is 0 Å². The maximum Gasteiger partial charge on any atom is 0.410 e. The Morgan fingerprint density at radius 1 is 0.568 bits per heavy atom. The first-order valence-corrected chi connectivity index (χ1v) is 31.5. The highest BCUT2D eigenvalue weighted by Gasteiger charge is 2.47. The van der Waals surface area contributed by atoms with Gasteiger partial charge in [0.2, 0.25) is 0 Å². The number of likely N-dealkylation sites (N-methyl/N-ethyl adjacent to an activating group) is 4. The number of piperidine rings is 4. The van der Waals surface area contributed by atoms with Crippen molar-refractivity contribution in [3.05, 3.63) is 117 Å². The van der Waals surface area contributed by atoms with E-state index in [2.05, 4.69) is 77.9 Å². The van der Waals surface area contributed by atoms with E-state index in [4.69, 9.17) is 10.5 Å². The summed E-state index contributed by atoms with van der Waals surface area (Å²) < 4.78 is 17.4. The minimum absolute atomic E-state index is 0.134. The minimum atomic E-state index is -0.681. The number of ether oxygens (including phenoxy) is 1. The quantitative estimate of drug-likeness (QED) is 0.0775. The Bertz CT molecular complexity index is 2800. The van der Waals surface area contributed by atoms with Gasteiger partial charge >= 0.3 is 17.7 Å². The second kappa shape index (κ2) is 31.0. The topological polar surface area (TPSA) is 293 Å². The van der Waals surface area contributed by atoms with Crippen molar-refractivity contribution >= 4 is 34.9 Å². The molecule has 4 aromatic rings. The summed E-state index contributed by atoms with van der Waals surface area (Å²) in [5, 5.41) is 67.1. The number of nitrogens with one attached hydrogen (secondary N) is 1. The highest BCUT2D eigenvalue weighted by molar-refractivity contribution is 5.67. The fourth-order valence-corrected chi connectivity index (χ4v) is 14.5. The average molecular weight is 1230 g/mol. The molecule has 5 atom stereocenters. The standard InChI is InChI=1S/C18H26N2O3.C15H22N4O3.C15H24N4O.C10H20N2O.C5H3FN2O2/c1-19-11-5-8-16(19)18(22)9-12-20(13-10-18)17(21)23-14-15-6-3-2-4-7-15;1-17-8-2-3-13(17)15(20)6-9-18(10-7-15)12-4-5-14(16-11-12)19(21)22;1-18-8-2-3-13(18)15(20)6-9-19(10-7-15)12-4-5-14(16)17-11-12;1-12-7-2-4-9(12)10(13)5-3-6-11-8-10;6-4-1-2-5(7-3-4)8(9)10/h2-4,6-7,16,22H,5,8-14H2,1H3;4-5,11,13,20H,2-3,6-10H2,1H3;4-5,11,13,20H,2-3,6-10H2,1H3,(H2,16,17);9,11,13H,2-8H2,1H3;1-3H. The molecular weight excluding hydrogens is 1130 g/mol. The Labute approximate surface area is 517 Å². The van der Waals surface area contributed by atoms with Gasteiger partial charge in [0.15, 0.2) is 18.2 Å². The summed E-state index contributed by atoms with van der Waals surface area (Å²) in [7, 11) is 8.43. The number of likely N-dealkylation sites (tertiary alicyclic amines) is 5. The van der Waals surface area contributed by atoms with Crippen LogP contribution in [0.25, 0.3) is 0 Å². The number of aliphatic hydroxyl groups is 4. The molecule has 24 nitrogen and oxygen atoms in total. The largest absolute Gasteiger partial charge is 0.445 e. The van der Waals surface area contributed by atoms with Gasteiger partial charge in [0.25, 0.3) is 0 Å². The number of halogens is 1. The second-order valence-electron chi connectivity index (χ2n) is 25.4. The Balaban J connectivity index is 0.000000146. The molecule has 0 spiro atoms. The number of rotatable bonds is 10. The third-order valence-electron chi connectivity index (χ3n) is 19.6. The summed E-state index contributed by atoms with van der Waals surface area (Å²) in [6.07, 6.45) is 19.4. The van der Waals surface area contributed by atoms with E-state index >= 15 is 0 Å². The van der Waals surface area contributed by atoms with E-state index in [9.17, 15) is 49.8 Å². The van der Waals surface area contributed by atoms with Crippen LogP contribution in [0, 0.1) is 26.0 Å². The molecule has 0 radical (unpaired) electrons. The maximum absolute atomic E-state index is 12.2. The maximum atomic E-state index is 12.2. The fourth-order valence-electron chi connectivity index (χ4n) is 14.5. The number of hydrogen-bond acceptors (Lipinski definition) is 21. The van der Waals surface area contributed by atoms with E-state index in [1.165, 1.54) is 18.9 Å². The molecule has 5 unspecified atom stereocenters. The third-order valence-corrected chi connectivity index (χ3v) is 19.6. The number of aromatic nitrogens is 3. The minimum Gasteiger partial charge on any atom is -0.445 e. The van der Waals surface area contributed by atoms with Crippen LogP contribution in [0.1, 0.15) is 108 Å². The van der Waals surface area contributed by atoms with Crippen LogP contribution < -0.4 is 20.9 Å². The monoisotopic (exact) mass is 1230 g/mol. The van der Waals surface area contributed by atoms with Gasteiger partial charge in [-0.1, -0.05) is 30.3 Å². The first kappa shape index (κ1) is 67.6. The first-order valence-electron chi connectivity index (χ1n) is 31.5. The van der Waals surface area contributed by atoms with E-state index in [0.717, 1.165) is 178 Å². The highest BCUT2D eigenvalue weighted by atomic mass is 19.1. The van der Waals surface area contributed by atoms with Crippen molar-refractivity contribution < 1.29 is 44.2 Å². The van der Waals surface area contributed by atoms with E-state index in [0.29, 0.717) is 50.4 Å². The summed E-state index contributed by atoms with van der Waals surface area (Å²) in [5.41, 5.74) is 6.33. The van der Waals surface area contributed by atoms with E-state index < -0.39 is 38.1 Å². The Kier molecular flexibility index (Phi) is 23.8. The van der Waals surface area contributed by atoms with Gasteiger partial charge in [-0.2, -0.15) is 0 Å². The van der Waals surface area contributed by atoms with Gasteiger partial charge in [-0.25, -0.2) is 14.2 Å². The van der Waals surface area contributed by atoms with Gasteiger partial charge in [-0.05, 0) is 213 Å². The van der Waals surface area contributed by atoms with Crippen LogP contribution in [0.15, 0.2) is 85.3 Å². The number of amides is 1. The number of nitrogens with zero attached hydrogens (tertiary/aromatic N) is 12. The molecule has 8 saturated heterocycles. The molecule has 0 saturated carbocycles. The molecule has 88 heavy (non-hydrogen) atoms. The summed E-state index contributed by atoms with van der Waals surface area (Å²) in [4.78, 5) is 58.1. The molecule has 0 bridgehead atoms. The number of anilines is 3. The predicted molar refractivity (Wildman–Crippen MR) is 335 cm³/mol. The van der Waals surface area contributed by atoms with E-state index in [1.807, 2.05) is 48.7 Å². The Morgan fingerprint density at radius 2 is 0.989 bits per heavy atom. The number of carbonyl (C=O) groups excluding carboxylic acids is 1. The molecule has 7 N–H and O–H groups in total. The molecule has 3 aromatic heterocycles. The lowest BCUT2D eigenvalue weighted by atomic mass is 9.83. The zero-order valence-electron chi connectivity index (χ0n) is 52.0. The lowest BCUT2D eigenvalue weighted by molar-refractivity contribution is -0.389. The van der Waals surface area contributed by atoms with Gasteiger partial charge in [-0.3, -0.25) is 0 Å². The van der Waals surface area contributed by atoms with Gasteiger partial charge in [-0.15, -0.1) is 0 Å². The van der Waals surface area contributed by atoms with E-state index in [-0.39, 0.29) is 29.8 Å². The smallest absolute Gasteiger partial charge is 0.410 e. The lowest BCUT2D eigenvalue weighted by Gasteiger charge is -2.44. The number of nitrogen functional groups attached to an aromatic ring is 1. The number of hydrogen-bond donors (Lipinski definition) is 6. The molecule has 484 valence electrons. The van der Waals surface area contributed by atoms with Crippen LogP contribution in [-0.4, -0.2) is 229 Å². The van der Waals surface area contributed by atoms with Crippen LogP contribution in [0.4, 0.5) is 38.0 Å². The summed E-state index contributed by atoms with van der Waals surface area (Å²) in [5.74, 6) is -0.508. The molecule has 0 aliphatic carbocycles. The molecule has 8 aliphatic heterocycles. The second-order valence-corrected chi connectivity index (χ2v) is 25.4. The molecule has 8 aliphatic rings. The number of benzene rings is 1. The van der Waals surface area contributed by atoms with E-state index in [1.54, 1.807) is 17.2 Å². The number of β-amino-alcohol motifs (C(OH)–C–C–N with tert-alkyl or cyclic N) is 1. The Hall–Kier alpha value is -6.29. The number of carbonyl (C=O) groups is 1. The van der Waals surface area contributed by atoms with Gasteiger partial charge in [0.1, 0.15) is 12.4 Å². The van der Waals surface area contributed by atoms with Crippen molar-refractivity contribution in [2.24, 2.45) is 0 Å². The Morgan fingerprint density at radius 3 is 1.35 bits per heavy atom. The van der Waals surface area contributed by atoms with Crippen molar-refractivity contribution in [3.8, 4) is 0 Å². The third kappa shape index (κ3) is 17.8. The molecular formula is C63H95FN14O10. The summed E-state index contributed by atoms with van der Waals surface area (Å²) in [6, 6.07) is 19.9. The predicted octanol–water partition coefficient (Wildman–Crippen LogP) is 6.07. The van der Waals surface area contributed by atoms with Crippen LogP contribution in [0.2, 0.25) is 0 Å². The number of nitro groups is 2. The normalized spacial score (nSPS) is 26.2. The van der Waals surface area contributed by atoms with Crippen LogP contribution in [0.3, 0.4) is 0 Å². The van der Waals surface area contributed by atoms with Crippen molar-refractivity contribution in [1.29, 1.82) is 0 Å². The first-order chi connectivity index (χ1) is 42.1. The molecule has 8 fully saturated rings. The zero-order chi connectivity index (χ0) is 63.1. The van der Waals surface area contributed by atoms with Crippen LogP contribution in [-0.2, 0) is 11.3 Å². The highest BCUT2D eigenvalue weighted by Crippen LogP contribution is 2.38. The number of pyridine rings is 3. The summed E-state index contributed by atoms with van der Waals surface area (Å²) in [6.45, 7) is 10.9. The molecule has 25 heteroatoms. The van der Waals surface area contributed by atoms with Gasteiger partial charge in [0, 0.05) is 82.1 Å². The molecule has 11 heterocycles. The zero-order valence-corrected chi connectivity index (χ0v) is 52.0. The molecule has 1 aromatic carbocycles. The van der Waals surface area contributed by atoms with Crippen molar-refractivity contribution in [1.82, 2.24) is 44.8 Å². The molecule has 1 amide bonds. The van der Waals surface area contributed by atoms with Gasteiger partial charge in [0.05, 0.1) is 40.0 Å². The lowest BCUT2D eigenvalue weighted by Crippen LogP contribution is -2.57. The van der Waals surface area contributed by atoms with Crippen LogP contribution in [0.5, 0.6) is 0 Å². The van der Waals surface area contributed by atoms with Crippen molar-refractivity contribution in [2.75, 3.05) is 122 Å². The van der Waals surface area contributed by atoms with Crippen molar-refractivity contribution in [3.63, 3.8) is 0 Å². The summed E-state index contributed by atoms with van der Waals surface area (Å²) >= 11 is 0. The van der Waals surface area contributed by atoms with Gasteiger partial charge < -0.3 is 90.7 Å². The SMILES string of the molecule is CN1CCCC1C1(O)CCCNC1.CN1CCCC1C1(O)CCN(C(=O)OCc2ccccc2)CC1.CN1CCCC1C1(O)CCN(c2ccc(N)nc2)CC1.CN1CCCC1C1(O)CCN(c2ccc([N+](=O)[O-])nc2)CC1.O=[N+]([O-])c1ccc(F)cn1. The molecule has 12 rings (SSSR count). The van der Waals surface area contributed by atoms with Crippen molar-refractivity contribution in [2.45, 2.75) is 156 Å². The number of nitrogens with two attached hydrogens (primary N) is 1. The average Bonchev–Trinajstić information content (AvgIpc) is 3.61. The fraction of sp³-hybridized carbons (Fsp3) is 0.651.